The van der Waals surface area contributed by atoms with Crippen LogP contribution in [0.4, 0.5) is 10.6 Å². The monoisotopic (exact) mass is 570 g/mol. The highest BCUT2D eigenvalue weighted by Gasteiger charge is 2.35. The number of aromatic nitrogens is 4. The molecule has 6 rings (SSSR count). The largest absolute Gasteiger partial charge is 0.494 e. The first-order chi connectivity index (χ1) is 20.0. The lowest BCUT2D eigenvalue weighted by atomic mass is 9.99. The van der Waals surface area contributed by atoms with E-state index in [1.165, 1.54) is 4.68 Å². The number of hydrogen-bond acceptors (Lipinski definition) is 9. The average Bonchev–Trinajstić information content (AvgIpc) is 3.52. The molecule has 4 aromatic rings. The van der Waals surface area contributed by atoms with Gasteiger partial charge in [0.05, 0.1) is 13.2 Å². The van der Waals surface area contributed by atoms with Crippen LogP contribution in [-0.2, 0) is 4.74 Å². The van der Waals surface area contributed by atoms with E-state index < -0.39 is 11.7 Å². The van der Waals surface area contributed by atoms with Gasteiger partial charge in [-0.25, -0.2) is 14.8 Å². The first kappa shape index (κ1) is 28.1. The number of piperazine rings is 1. The molecule has 5 heterocycles. The number of methoxy groups -OCH3 is 1. The molecule has 2 saturated heterocycles. The Balaban J connectivity index is 1.43. The van der Waals surface area contributed by atoms with Gasteiger partial charge >= 0.3 is 6.09 Å². The summed E-state index contributed by atoms with van der Waals surface area (Å²) in [7, 11) is 1.60. The third-order valence-electron chi connectivity index (χ3n) is 8.21. The number of nitrogens with zero attached hydrogens (tertiary/aromatic N) is 6. The fourth-order valence-electron chi connectivity index (χ4n) is 5.95. The summed E-state index contributed by atoms with van der Waals surface area (Å²) in [6.07, 6.45) is 1.73. The highest BCUT2D eigenvalue weighted by Crippen LogP contribution is 2.37. The molecule has 220 valence electrons. The van der Waals surface area contributed by atoms with Crippen LogP contribution >= 0.6 is 0 Å². The number of anilines is 1. The van der Waals surface area contributed by atoms with E-state index in [0.717, 1.165) is 60.7 Å². The third-order valence-corrected chi connectivity index (χ3v) is 8.21. The van der Waals surface area contributed by atoms with Crippen molar-refractivity contribution >= 4 is 22.9 Å². The second-order valence-electron chi connectivity index (χ2n) is 12.3. The van der Waals surface area contributed by atoms with E-state index in [1.54, 1.807) is 19.4 Å². The number of rotatable bonds is 4. The van der Waals surface area contributed by atoms with Crippen molar-refractivity contribution in [2.24, 2.45) is 0 Å². The molecule has 0 spiro atoms. The maximum Gasteiger partial charge on any atom is 0.435 e. The van der Waals surface area contributed by atoms with Crippen LogP contribution in [0.25, 0.3) is 33.5 Å². The number of carbonyl (C=O) groups excluding carboxylic acids is 1. The molecule has 2 aliphatic rings. The summed E-state index contributed by atoms with van der Waals surface area (Å²) in [6.45, 7) is 12.9. The maximum atomic E-state index is 13.3. The minimum atomic E-state index is -0.700. The number of hydrogen-bond donors (Lipinski definition) is 1. The van der Waals surface area contributed by atoms with Gasteiger partial charge in [-0.15, -0.1) is 0 Å². The summed E-state index contributed by atoms with van der Waals surface area (Å²) in [6, 6.07) is 12.2. The minimum absolute atomic E-state index is 0.252. The normalized spacial score (nSPS) is 19.3. The van der Waals surface area contributed by atoms with Gasteiger partial charge in [-0.3, -0.25) is 4.90 Å². The molecule has 42 heavy (non-hydrogen) atoms. The Hall–Kier alpha value is -4.02. The average molecular weight is 571 g/mol. The number of fused-ring (bicyclic) bond motifs is 2. The minimum Gasteiger partial charge on any atom is -0.494 e. The van der Waals surface area contributed by atoms with Crippen LogP contribution in [0, 0.1) is 13.8 Å². The van der Waals surface area contributed by atoms with Gasteiger partial charge in [-0.05, 0) is 64.3 Å². The van der Waals surface area contributed by atoms with Gasteiger partial charge in [0.2, 0.25) is 0 Å². The molecule has 1 N–H and O–H groups in total. The van der Waals surface area contributed by atoms with Gasteiger partial charge < -0.3 is 19.5 Å². The van der Waals surface area contributed by atoms with Gasteiger partial charge in [0.25, 0.3) is 0 Å². The second kappa shape index (κ2) is 10.7. The first-order valence-corrected chi connectivity index (χ1v) is 14.4. The summed E-state index contributed by atoms with van der Waals surface area (Å²) < 4.78 is 12.7. The number of pyridine rings is 2. The van der Waals surface area contributed by atoms with E-state index in [1.807, 2.05) is 45.0 Å². The second-order valence-corrected chi connectivity index (χ2v) is 12.3. The van der Waals surface area contributed by atoms with Crippen LogP contribution in [0.2, 0.25) is 0 Å². The van der Waals surface area contributed by atoms with Crippen LogP contribution in [0.1, 0.15) is 38.3 Å². The van der Waals surface area contributed by atoms with Crippen molar-refractivity contribution in [2.75, 3.05) is 38.2 Å². The summed E-state index contributed by atoms with van der Waals surface area (Å²) in [5, 5.41) is 14.8. The number of ether oxygens (including phenoxy) is 2. The van der Waals surface area contributed by atoms with E-state index in [9.17, 15) is 9.90 Å². The molecule has 2 atom stereocenters. The highest BCUT2D eigenvalue weighted by atomic mass is 16.6. The molecule has 3 aromatic heterocycles. The van der Waals surface area contributed by atoms with E-state index in [2.05, 4.69) is 29.7 Å². The Labute approximate surface area is 245 Å². The van der Waals surface area contributed by atoms with Gasteiger partial charge in [-0.2, -0.15) is 9.78 Å². The van der Waals surface area contributed by atoms with Crippen molar-refractivity contribution in [3.05, 3.63) is 53.7 Å². The van der Waals surface area contributed by atoms with Gasteiger partial charge in [0, 0.05) is 55.6 Å². The number of benzene rings is 1. The molecule has 2 aliphatic heterocycles. The Kier molecular flexibility index (Phi) is 7.14. The topological polar surface area (TPSA) is 106 Å². The van der Waals surface area contributed by atoms with Crippen molar-refractivity contribution in [1.82, 2.24) is 24.6 Å². The van der Waals surface area contributed by atoms with Crippen molar-refractivity contribution in [2.45, 2.75) is 58.8 Å². The predicted molar refractivity (Wildman–Crippen MR) is 162 cm³/mol. The zero-order chi connectivity index (χ0) is 29.8. The molecule has 0 saturated carbocycles. The van der Waals surface area contributed by atoms with Crippen LogP contribution < -0.4 is 9.64 Å². The number of aliphatic hydroxyl groups is 1. The molecule has 2 fully saturated rings. The lowest BCUT2D eigenvalue weighted by Crippen LogP contribution is -2.50. The molecule has 0 unspecified atom stereocenters. The fourth-order valence-corrected chi connectivity index (χ4v) is 5.95. The van der Waals surface area contributed by atoms with Crippen LogP contribution in [-0.4, -0.2) is 86.9 Å². The zero-order valence-electron chi connectivity index (χ0n) is 25.1. The molecular formula is C32H38N6O4. The fraction of sp³-hybridized carbons (Fsp3) is 0.438. The molecule has 1 aromatic carbocycles. The zero-order valence-corrected chi connectivity index (χ0v) is 25.1. The summed E-state index contributed by atoms with van der Waals surface area (Å²) >= 11 is 0. The summed E-state index contributed by atoms with van der Waals surface area (Å²) in [5.74, 6) is 1.42. The van der Waals surface area contributed by atoms with Crippen LogP contribution in [0.15, 0.2) is 42.6 Å². The van der Waals surface area contributed by atoms with Crippen molar-refractivity contribution in [1.29, 1.82) is 0 Å². The van der Waals surface area contributed by atoms with Crippen molar-refractivity contribution < 1.29 is 19.4 Å². The molecule has 0 bridgehead atoms. The quantitative estimate of drug-likeness (QED) is 0.370. The van der Waals surface area contributed by atoms with E-state index >= 15 is 0 Å². The van der Waals surface area contributed by atoms with E-state index in [4.69, 9.17) is 24.5 Å². The van der Waals surface area contributed by atoms with E-state index in [-0.39, 0.29) is 6.10 Å². The van der Waals surface area contributed by atoms with Gasteiger partial charge in [0.1, 0.15) is 39.6 Å². The Morgan fingerprint density at radius 1 is 1.07 bits per heavy atom. The standard InChI is InChI=1S/C32H38N6O4/c1-19-8-7-9-24(20(19)2)29-26(41-6)15-25-30(34-29)28(35-38(25)31(40)42-32(3,4)5)21-10-11-27(33-16-21)37-13-12-36-18-23(39)14-22(36)17-37/h7-11,15-16,22-23,39H,12-14,17-18H2,1-6H3/t22-,23+/m0/s1. The number of carbonyl (C=O) groups is 1. The van der Waals surface area contributed by atoms with Crippen LogP contribution in [0.5, 0.6) is 5.75 Å². The van der Waals surface area contributed by atoms with Crippen molar-refractivity contribution in [3.63, 3.8) is 0 Å². The van der Waals surface area contributed by atoms with Gasteiger partial charge in [0.15, 0.2) is 0 Å². The molecule has 0 radical (unpaired) electrons. The molecule has 0 amide bonds. The van der Waals surface area contributed by atoms with E-state index in [0.29, 0.717) is 34.2 Å². The number of aliphatic hydroxyl groups excluding tert-OH is 1. The predicted octanol–water partition coefficient (Wildman–Crippen LogP) is 4.82. The van der Waals surface area contributed by atoms with Crippen molar-refractivity contribution in [3.8, 4) is 28.3 Å². The molecule has 10 nitrogen and oxygen atoms in total. The third kappa shape index (κ3) is 5.20. The lowest BCUT2D eigenvalue weighted by Gasteiger charge is -2.37. The lowest BCUT2D eigenvalue weighted by molar-refractivity contribution is 0.0523. The summed E-state index contributed by atoms with van der Waals surface area (Å²) in [4.78, 5) is 27.8. The van der Waals surface area contributed by atoms with Crippen LogP contribution in [0.3, 0.4) is 0 Å². The SMILES string of the molecule is COc1cc2c(nc1-c1cccc(C)c1C)c(-c1ccc(N3CCN4C[C@H](O)C[C@H]4C3)nc1)nn2C(=O)OC(C)(C)C. The maximum absolute atomic E-state index is 13.3. The number of aryl methyl sites for hydroxylation is 1. The molecule has 10 heteroatoms. The summed E-state index contributed by atoms with van der Waals surface area (Å²) in [5.41, 5.74) is 5.50. The Morgan fingerprint density at radius 3 is 2.60 bits per heavy atom. The Bertz CT molecular complexity index is 1640. The first-order valence-electron chi connectivity index (χ1n) is 14.4. The smallest absolute Gasteiger partial charge is 0.435 e. The molecule has 0 aliphatic carbocycles. The highest BCUT2D eigenvalue weighted by molar-refractivity contribution is 5.97. The van der Waals surface area contributed by atoms with Gasteiger partial charge in [-0.1, -0.05) is 18.2 Å². The Morgan fingerprint density at radius 2 is 1.88 bits per heavy atom. The molecular weight excluding hydrogens is 532 g/mol.